The van der Waals surface area contributed by atoms with E-state index in [0.29, 0.717) is 5.92 Å². The molecule has 0 radical (unpaired) electrons. The molecule has 2 nitrogen and oxygen atoms in total. The Morgan fingerprint density at radius 1 is 1.58 bits per heavy atom. The minimum absolute atomic E-state index is 0.443. The quantitative estimate of drug-likeness (QED) is 0.671. The average molecular weight is 182 g/mol. The standard InChI is InChI=1S/C9H14N2S/c1-7(2)9-8(5-10)6-12-4-3-11-9/h7,11H,3-4,6H2,1-2H3. The summed E-state index contributed by atoms with van der Waals surface area (Å²) in [5.41, 5.74) is 2.06. The topological polar surface area (TPSA) is 35.8 Å². The fourth-order valence-corrected chi connectivity index (χ4v) is 2.08. The molecule has 0 bridgehead atoms. The molecule has 0 aliphatic carbocycles. The molecule has 1 rings (SSSR count). The first-order chi connectivity index (χ1) is 5.75. The minimum Gasteiger partial charge on any atom is -0.386 e. The number of allylic oxidation sites excluding steroid dienone is 1. The summed E-state index contributed by atoms with van der Waals surface area (Å²) in [5.74, 6) is 2.41. The van der Waals surface area contributed by atoms with Crippen LogP contribution in [0.5, 0.6) is 0 Å². The number of hydrogen-bond donors (Lipinski definition) is 1. The molecule has 1 N–H and O–H groups in total. The summed E-state index contributed by atoms with van der Waals surface area (Å²) in [5, 5.41) is 12.2. The summed E-state index contributed by atoms with van der Waals surface area (Å²) in [4.78, 5) is 0. The number of nitrogens with one attached hydrogen (secondary N) is 1. The van der Waals surface area contributed by atoms with Crippen molar-refractivity contribution in [3.63, 3.8) is 0 Å². The SMILES string of the molecule is CC(C)C1=C(C#N)CSCCN1. The van der Waals surface area contributed by atoms with Crippen LogP contribution in [0.25, 0.3) is 0 Å². The lowest BCUT2D eigenvalue weighted by Gasteiger charge is -2.12. The summed E-state index contributed by atoms with van der Waals surface area (Å²) >= 11 is 1.83. The predicted molar refractivity (Wildman–Crippen MR) is 52.8 cm³/mol. The Labute approximate surface area is 78.0 Å². The Hall–Kier alpha value is -0.620. The predicted octanol–water partition coefficient (Wildman–Crippen LogP) is 1.76. The first-order valence-electron chi connectivity index (χ1n) is 4.20. The molecule has 0 aromatic carbocycles. The summed E-state index contributed by atoms with van der Waals surface area (Å²) in [6.07, 6.45) is 0. The minimum atomic E-state index is 0.443. The first kappa shape index (κ1) is 9.47. The van der Waals surface area contributed by atoms with Gasteiger partial charge in [0.2, 0.25) is 0 Å². The number of nitriles is 1. The first-order valence-corrected chi connectivity index (χ1v) is 5.36. The van der Waals surface area contributed by atoms with E-state index in [-0.39, 0.29) is 0 Å². The van der Waals surface area contributed by atoms with Gasteiger partial charge in [-0.1, -0.05) is 13.8 Å². The van der Waals surface area contributed by atoms with Crippen LogP contribution in [0.15, 0.2) is 11.3 Å². The Kier molecular flexibility index (Phi) is 3.48. The van der Waals surface area contributed by atoms with Crippen LogP contribution < -0.4 is 5.32 Å². The van der Waals surface area contributed by atoms with Crippen molar-refractivity contribution in [3.05, 3.63) is 11.3 Å². The van der Waals surface area contributed by atoms with Crippen molar-refractivity contribution in [2.24, 2.45) is 5.92 Å². The van der Waals surface area contributed by atoms with Gasteiger partial charge in [0, 0.05) is 23.7 Å². The van der Waals surface area contributed by atoms with Crippen molar-refractivity contribution in [3.8, 4) is 6.07 Å². The second-order valence-corrected chi connectivity index (χ2v) is 4.24. The average Bonchev–Trinajstić information content (AvgIpc) is 2.27. The molecule has 3 heteroatoms. The van der Waals surface area contributed by atoms with E-state index < -0.39 is 0 Å². The highest BCUT2D eigenvalue weighted by Crippen LogP contribution is 2.18. The third-order valence-electron chi connectivity index (χ3n) is 1.85. The van der Waals surface area contributed by atoms with Crippen molar-refractivity contribution in [1.82, 2.24) is 5.32 Å². The Balaban J connectivity index is 2.84. The van der Waals surface area contributed by atoms with Crippen LogP contribution in [-0.2, 0) is 0 Å². The molecule has 0 spiro atoms. The zero-order valence-electron chi connectivity index (χ0n) is 7.55. The molecule has 0 amide bonds. The van der Waals surface area contributed by atoms with Gasteiger partial charge in [-0.05, 0) is 5.92 Å². The van der Waals surface area contributed by atoms with Gasteiger partial charge in [0.1, 0.15) is 0 Å². The molecule has 66 valence electrons. The highest BCUT2D eigenvalue weighted by molar-refractivity contribution is 7.99. The summed E-state index contributed by atoms with van der Waals surface area (Å²) in [7, 11) is 0. The van der Waals surface area contributed by atoms with Crippen LogP contribution in [0.2, 0.25) is 0 Å². The van der Waals surface area contributed by atoms with E-state index in [4.69, 9.17) is 5.26 Å². The second kappa shape index (κ2) is 4.42. The molecular weight excluding hydrogens is 168 g/mol. The van der Waals surface area contributed by atoms with Gasteiger partial charge in [-0.25, -0.2) is 0 Å². The van der Waals surface area contributed by atoms with E-state index in [1.807, 2.05) is 11.8 Å². The monoisotopic (exact) mass is 182 g/mol. The maximum Gasteiger partial charge on any atom is 0.0974 e. The van der Waals surface area contributed by atoms with Crippen molar-refractivity contribution in [2.75, 3.05) is 18.1 Å². The van der Waals surface area contributed by atoms with Crippen LogP contribution in [0, 0.1) is 17.2 Å². The molecule has 0 saturated heterocycles. The molecule has 0 fully saturated rings. The van der Waals surface area contributed by atoms with Gasteiger partial charge < -0.3 is 5.32 Å². The molecule has 12 heavy (non-hydrogen) atoms. The molecule has 0 atom stereocenters. The van der Waals surface area contributed by atoms with Crippen LogP contribution in [0.3, 0.4) is 0 Å². The summed E-state index contributed by atoms with van der Waals surface area (Å²) in [6, 6.07) is 2.27. The van der Waals surface area contributed by atoms with Crippen LogP contribution >= 0.6 is 11.8 Å². The van der Waals surface area contributed by atoms with Crippen molar-refractivity contribution < 1.29 is 0 Å². The van der Waals surface area contributed by atoms with Crippen molar-refractivity contribution in [1.29, 1.82) is 5.26 Å². The lowest BCUT2D eigenvalue weighted by molar-refractivity contribution is 0.666. The van der Waals surface area contributed by atoms with Gasteiger partial charge in [0.05, 0.1) is 11.6 Å². The zero-order valence-corrected chi connectivity index (χ0v) is 8.37. The maximum atomic E-state index is 8.87. The van der Waals surface area contributed by atoms with E-state index in [9.17, 15) is 0 Å². The number of rotatable bonds is 1. The fraction of sp³-hybridized carbons (Fsp3) is 0.667. The Morgan fingerprint density at radius 3 is 2.92 bits per heavy atom. The number of thioether (sulfide) groups is 1. The van der Waals surface area contributed by atoms with Gasteiger partial charge in [0.25, 0.3) is 0 Å². The van der Waals surface area contributed by atoms with Crippen LogP contribution in [0.4, 0.5) is 0 Å². The van der Waals surface area contributed by atoms with Gasteiger partial charge in [-0.2, -0.15) is 17.0 Å². The van der Waals surface area contributed by atoms with E-state index in [2.05, 4.69) is 25.2 Å². The molecule has 0 unspecified atom stereocenters. The summed E-state index contributed by atoms with van der Waals surface area (Å²) < 4.78 is 0. The molecule has 0 aromatic heterocycles. The third kappa shape index (κ3) is 2.18. The van der Waals surface area contributed by atoms with E-state index in [1.165, 1.54) is 0 Å². The molecule has 1 aliphatic heterocycles. The van der Waals surface area contributed by atoms with Crippen LogP contribution in [-0.4, -0.2) is 18.1 Å². The zero-order chi connectivity index (χ0) is 8.97. The maximum absolute atomic E-state index is 8.87. The van der Waals surface area contributed by atoms with Crippen molar-refractivity contribution >= 4 is 11.8 Å². The lowest BCUT2D eigenvalue weighted by Crippen LogP contribution is -2.20. The fourth-order valence-electron chi connectivity index (χ4n) is 1.26. The smallest absolute Gasteiger partial charge is 0.0974 e. The number of hydrogen-bond acceptors (Lipinski definition) is 3. The van der Waals surface area contributed by atoms with E-state index in [1.54, 1.807) is 0 Å². The largest absolute Gasteiger partial charge is 0.386 e. The highest BCUT2D eigenvalue weighted by Gasteiger charge is 2.12. The lowest BCUT2D eigenvalue weighted by atomic mass is 10.1. The van der Waals surface area contributed by atoms with Gasteiger partial charge in [0.15, 0.2) is 0 Å². The molecular formula is C9H14N2S. The van der Waals surface area contributed by atoms with E-state index >= 15 is 0 Å². The molecule has 0 aromatic rings. The Morgan fingerprint density at radius 2 is 2.33 bits per heavy atom. The van der Waals surface area contributed by atoms with Gasteiger partial charge >= 0.3 is 0 Å². The van der Waals surface area contributed by atoms with Gasteiger partial charge in [-0.15, -0.1) is 0 Å². The highest BCUT2D eigenvalue weighted by atomic mass is 32.2. The second-order valence-electron chi connectivity index (χ2n) is 3.14. The molecule has 1 aliphatic rings. The van der Waals surface area contributed by atoms with E-state index in [0.717, 1.165) is 29.3 Å². The third-order valence-corrected chi connectivity index (χ3v) is 2.83. The van der Waals surface area contributed by atoms with Gasteiger partial charge in [-0.3, -0.25) is 0 Å². The van der Waals surface area contributed by atoms with Crippen LogP contribution in [0.1, 0.15) is 13.8 Å². The Bertz CT molecular complexity index is 225. The van der Waals surface area contributed by atoms with Crippen molar-refractivity contribution in [2.45, 2.75) is 13.8 Å². The normalized spacial score (nSPS) is 18.5. The molecule has 0 saturated carbocycles. The summed E-state index contributed by atoms with van der Waals surface area (Å²) in [6.45, 7) is 5.23. The molecule has 1 heterocycles. The number of nitrogens with zero attached hydrogens (tertiary/aromatic N) is 1.